The van der Waals surface area contributed by atoms with E-state index >= 15 is 0 Å². The Balaban J connectivity index is 1.69. The second kappa shape index (κ2) is 9.65. The molecule has 4 rings (SSSR count). The molecule has 0 radical (unpaired) electrons. The molecule has 1 saturated heterocycles. The first-order valence-electron chi connectivity index (χ1n) is 12.1. The lowest BCUT2D eigenvalue weighted by molar-refractivity contribution is -0.141. The van der Waals surface area contributed by atoms with Crippen LogP contribution in [0.25, 0.3) is 5.57 Å². The molecule has 1 aromatic rings. The highest BCUT2D eigenvalue weighted by molar-refractivity contribution is 6.35. The van der Waals surface area contributed by atoms with Crippen molar-refractivity contribution in [3.05, 3.63) is 35.5 Å². The summed E-state index contributed by atoms with van der Waals surface area (Å²) in [6.45, 7) is 10.1. The molecule has 1 saturated carbocycles. The molecule has 174 valence electrons. The highest BCUT2D eigenvalue weighted by Gasteiger charge is 2.45. The molecule has 1 aliphatic carbocycles. The van der Waals surface area contributed by atoms with Crippen LogP contribution in [-0.4, -0.2) is 59.6 Å². The third-order valence-electron chi connectivity index (χ3n) is 6.49. The second-order valence-corrected chi connectivity index (χ2v) is 9.89. The standard InChI is InChI=1S/C26H36N2O4/c1-17(2)16-31-22-12-10-20(11-13-22)23-24(27-14-18(3)32-19(4)15-27)26(30)28(25(23)29)21-8-6-5-7-9-21/h10-13,17-19,21H,5-9,14-16H2,1-4H3. The minimum absolute atomic E-state index is 0.000728. The first-order chi connectivity index (χ1) is 15.3. The van der Waals surface area contributed by atoms with E-state index in [9.17, 15) is 9.59 Å². The average Bonchev–Trinajstić information content (AvgIpc) is 3.02. The van der Waals surface area contributed by atoms with Gasteiger partial charge in [-0.1, -0.05) is 45.2 Å². The summed E-state index contributed by atoms with van der Waals surface area (Å²) in [6.07, 6.45) is 5.12. The summed E-state index contributed by atoms with van der Waals surface area (Å²) in [7, 11) is 0. The smallest absolute Gasteiger partial charge is 0.278 e. The predicted molar refractivity (Wildman–Crippen MR) is 124 cm³/mol. The molecule has 6 nitrogen and oxygen atoms in total. The van der Waals surface area contributed by atoms with Crippen LogP contribution in [0, 0.1) is 5.92 Å². The van der Waals surface area contributed by atoms with E-state index in [2.05, 4.69) is 18.7 Å². The summed E-state index contributed by atoms with van der Waals surface area (Å²) in [4.78, 5) is 31.0. The third kappa shape index (κ3) is 4.70. The van der Waals surface area contributed by atoms with Gasteiger partial charge in [-0.05, 0) is 50.3 Å². The SMILES string of the molecule is CC(C)COc1ccc(C2=C(N3CC(C)OC(C)C3)C(=O)N(C3CCCCC3)C2=O)cc1. The van der Waals surface area contributed by atoms with Gasteiger partial charge < -0.3 is 14.4 Å². The molecule has 0 aromatic heterocycles. The van der Waals surface area contributed by atoms with Gasteiger partial charge in [-0.25, -0.2) is 0 Å². The van der Waals surface area contributed by atoms with Crippen molar-refractivity contribution in [2.75, 3.05) is 19.7 Å². The van der Waals surface area contributed by atoms with Crippen molar-refractivity contribution in [3.63, 3.8) is 0 Å². The van der Waals surface area contributed by atoms with E-state index in [-0.39, 0.29) is 30.1 Å². The van der Waals surface area contributed by atoms with Gasteiger partial charge in [0, 0.05) is 19.1 Å². The summed E-state index contributed by atoms with van der Waals surface area (Å²) in [5, 5.41) is 0. The quantitative estimate of drug-likeness (QED) is 0.619. The molecule has 2 heterocycles. The largest absolute Gasteiger partial charge is 0.493 e. The van der Waals surface area contributed by atoms with Crippen LogP contribution in [0.3, 0.4) is 0 Å². The van der Waals surface area contributed by atoms with Crippen LogP contribution in [0.2, 0.25) is 0 Å². The molecule has 0 N–H and O–H groups in total. The number of morpholine rings is 1. The van der Waals surface area contributed by atoms with Gasteiger partial charge in [-0.3, -0.25) is 14.5 Å². The summed E-state index contributed by atoms with van der Waals surface area (Å²) < 4.78 is 11.7. The van der Waals surface area contributed by atoms with E-state index in [0.717, 1.165) is 37.0 Å². The van der Waals surface area contributed by atoms with E-state index in [1.54, 1.807) is 4.90 Å². The first kappa shape index (κ1) is 22.8. The molecule has 6 heteroatoms. The minimum Gasteiger partial charge on any atom is -0.493 e. The predicted octanol–water partition coefficient (Wildman–Crippen LogP) is 4.24. The van der Waals surface area contributed by atoms with Crippen molar-refractivity contribution in [1.29, 1.82) is 0 Å². The Kier molecular flexibility index (Phi) is 6.89. The topological polar surface area (TPSA) is 59.1 Å². The molecule has 2 unspecified atom stereocenters. The first-order valence-corrected chi connectivity index (χ1v) is 12.1. The Morgan fingerprint density at radius 3 is 2.19 bits per heavy atom. The van der Waals surface area contributed by atoms with Gasteiger partial charge in [0.05, 0.1) is 24.4 Å². The Morgan fingerprint density at radius 1 is 0.969 bits per heavy atom. The molecular formula is C26H36N2O4. The number of nitrogens with zero attached hydrogens (tertiary/aromatic N) is 2. The van der Waals surface area contributed by atoms with Crippen LogP contribution in [-0.2, 0) is 14.3 Å². The molecule has 3 aliphatic rings. The number of hydrogen-bond donors (Lipinski definition) is 0. The lowest BCUT2D eigenvalue weighted by atomic mass is 9.94. The molecular weight excluding hydrogens is 404 g/mol. The summed E-state index contributed by atoms with van der Waals surface area (Å²) >= 11 is 0. The van der Waals surface area contributed by atoms with Crippen molar-refractivity contribution in [1.82, 2.24) is 9.80 Å². The van der Waals surface area contributed by atoms with Crippen molar-refractivity contribution in [2.24, 2.45) is 5.92 Å². The monoisotopic (exact) mass is 440 g/mol. The fourth-order valence-corrected chi connectivity index (χ4v) is 5.10. The fourth-order valence-electron chi connectivity index (χ4n) is 5.10. The van der Waals surface area contributed by atoms with Crippen LogP contribution < -0.4 is 4.74 Å². The minimum atomic E-state index is -0.153. The third-order valence-corrected chi connectivity index (χ3v) is 6.49. The summed E-state index contributed by atoms with van der Waals surface area (Å²) in [5.74, 6) is 0.921. The number of carbonyl (C=O) groups is 2. The lowest BCUT2D eigenvalue weighted by Crippen LogP contribution is -2.48. The molecule has 0 bridgehead atoms. The molecule has 2 amide bonds. The molecule has 1 aromatic carbocycles. The highest BCUT2D eigenvalue weighted by Crippen LogP contribution is 2.37. The van der Waals surface area contributed by atoms with Gasteiger partial charge in [0.2, 0.25) is 0 Å². The van der Waals surface area contributed by atoms with Gasteiger partial charge >= 0.3 is 0 Å². The molecule has 32 heavy (non-hydrogen) atoms. The number of carbonyl (C=O) groups excluding carboxylic acids is 2. The van der Waals surface area contributed by atoms with E-state index < -0.39 is 0 Å². The van der Waals surface area contributed by atoms with Gasteiger partial charge in [0.15, 0.2) is 0 Å². The Labute approximate surface area is 191 Å². The van der Waals surface area contributed by atoms with Gasteiger partial charge in [-0.15, -0.1) is 0 Å². The van der Waals surface area contributed by atoms with E-state index in [4.69, 9.17) is 9.47 Å². The maximum absolute atomic E-state index is 13.7. The zero-order valence-corrected chi connectivity index (χ0v) is 19.8. The molecule has 2 fully saturated rings. The van der Waals surface area contributed by atoms with Gasteiger partial charge in [-0.2, -0.15) is 0 Å². The average molecular weight is 441 g/mol. The summed E-state index contributed by atoms with van der Waals surface area (Å²) in [6, 6.07) is 7.62. The number of ether oxygens (including phenoxy) is 2. The maximum Gasteiger partial charge on any atom is 0.278 e. The number of benzene rings is 1. The molecule has 2 aliphatic heterocycles. The summed E-state index contributed by atoms with van der Waals surface area (Å²) in [5.41, 5.74) is 1.84. The van der Waals surface area contributed by atoms with Crippen molar-refractivity contribution < 1.29 is 19.1 Å². The van der Waals surface area contributed by atoms with Crippen molar-refractivity contribution in [3.8, 4) is 5.75 Å². The fraction of sp³-hybridized carbons (Fsp3) is 0.615. The van der Waals surface area contributed by atoms with Gasteiger partial charge in [0.1, 0.15) is 11.4 Å². The van der Waals surface area contributed by atoms with Crippen LogP contribution in [0.4, 0.5) is 0 Å². The normalized spacial score (nSPS) is 25.3. The zero-order chi connectivity index (χ0) is 22.8. The van der Waals surface area contributed by atoms with Crippen molar-refractivity contribution in [2.45, 2.75) is 78.0 Å². The van der Waals surface area contributed by atoms with Gasteiger partial charge in [0.25, 0.3) is 11.8 Å². The maximum atomic E-state index is 13.7. The second-order valence-electron chi connectivity index (χ2n) is 9.89. The highest BCUT2D eigenvalue weighted by atomic mass is 16.5. The van der Waals surface area contributed by atoms with E-state index in [1.165, 1.54) is 6.42 Å². The van der Waals surface area contributed by atoms with E-state index in [0.29, 0.717) is 36.9 Å². The zero-order valence-electron chi connectivity index (χ0n) is 19.8. The van der Waals surface area contributed by atoms with Crippen LogP contribution in [0.15, 0.2) is 30.0 Å². The number of imide groups is 1. The molecule has 0 spiro atoms. The van der Waals surface area contributed by atoms with E-state index in [1.807, 2.05) is 38.1 Å². The van der Waals surface area contributed by atoms with Crippen LogP contribution >= 0.6 is 0 Å². The Bertz CT molecular complexity index is 860. The molecule has 2 atom stereocenters. The van der Waals surface area contributed by atoms with Crippen molar-refractivity contribution >= 4 is 17.4 Å². The Hall–Kier alpha value is -2.34. The lowest BCUT2D eigenvalue weighted by Gasteiger charge is -2.37. The van der Waals surface area contributed by atoms with Crippen LogP contribution in [0.5, 0.6) is 5.75 Å². The van der Waals surface area contributed by atoms with Crippen LogP contribution in [0.1, 0.15) is 65.4 Å². The number of rotatable bonds is 6. The number of hydrogen-bond acceptors (Lipinski definition) is 5. The Morgan fingerprint density at radius 2 is 1.59 bits per heavy atom. The number of amides is 2.